The molecule has 2 heterocycles. The molecule has 0 bridgehead atoms. The summed E-state index contributed by atoms with van der Waals surface area (Å²) in [6, 6.07) is 0. The second-order valence-corrected chi connectivity index (χ2v) is 14.8. The van der Waals surface area contributed by atoms with E-state index in [0.29, 0.717) is 13.2 Å². The molecular formula is C2H5Cl4N4OP3. The standard InChI is InChI=1S/C2H5Cl4N4OP3/c3-12(4)8-13(5,6)10-14(9-12)7-1-2-11-14/h7H,1-2H2. The van der Waals surface area contributed by atoms with E-state index in [2.05, 4.69) is 18.6 Å². The summed E-state index contributed by atoms with van der Waals surface area (Å²) in [5.41, 5.74) is 0. The van der Waals surface area contributed by atoms with Crippen LogP contribution in [0.25, 0.3) is 0 Å². The zero-order valence-corrected chi connectivity index (χ0v) is 12.2. The minimum atomic E-state index is -2.82. The van der Waals surface area contributed by atoms with E-state index >= 15 is 0 Å². The molecule has 1 atom stereocenters. The molecule has 0 radical (unpaired) electrons. The van der Waals surface area contributed by atoms with Crippen molar-refractivity contribution in [1.29, 1.82) is 0 Å². The fourth-order valence-corrected chi connectivity index (χ4v) is 15.6. The van der Waals surface area contributed by atoms with Gasteiger partial charge in [0.1, 0.15) is 0 Å². The lowest BCUT2D eigenvalue weighted by atomic mass is 10.8. The van der Waals surface area contributed by atoms with E-state index in [1.807, 2.05) is 0 Å². The Morgan fingerprint density at radius 1 is 1.00 bits per heavy atom. The molecule has 0 aliphatic carbocycles. The zero-order valence-electron chi connectivity index (χ0n) is 6.52. The van der Waals surface area contributed by atoms with Gasteiger partial charge < -0.3 is 4.52 Å². The summed E-state index contributed by atoms with van der Waals surface area (Å²) in [6.45, 7) is 1.14. The fourth-order valence-electron chi connectivity index (χ4n) is 1.000. The lowest BCUT2D eigenvalue weighted by molar-refractivity contribution is 0.393. The van der Waals surface area contributed by atoms with Crippen molar-refractivity contribution in [2.75, 3.05) is 13.2 Å². The Morgan fingerprint density at radius 2 is 1.64 bits per heavy atom. The van der Waals surface area contributed by atoms with Gasteiger partial charge in [0, 0.05) is 6.54 Å². The minimum absolute atomic E-state index is 0.502. The van der Waals surface area contributed by atoms with Crippen LogP contribution in [0.15, 0.2) is 13.5 Å². The largest absolute Gasteiger partial charge is 0.314 e. The zero-order chi connectivity index (χ0) is 10.4. The first kappa shape index (κ1) is 12.2. The maximum atomic E-state index is 5.88. The van der Waals surface area contributed by atoms with Gasteiger partial charge in [-0.05, 0) is 45.0 Å². The molecule has 14 heavy (non-hydrogen) atoms. The van der Waals surface area contributed by atoms with Crippen LogP contribution in [0.3, 0.4) is 0 Å². The normalized spacial score (nSPS) is 38.6. The summed E-state index contributed by atoms with van der Waals surface area (Å²) in [5.74, 6) is -5.65. The maximum absolute atomic E-state index is 5.88. The highest BCUT2D eigenvalue weighted by atomic mass is 35.9. The number of hydrogen-bond acceptors (Lipinski definition) is 5. The molecule has 5 nitrogen and oxygen atoms in total. The summed E-state index contributed by atoms with van der Waals surface area (Å²) < 4.78 is 17.4. The van der Waals surface area contributed by atoms with Crippen LogP contribution in [-0.4, -0.2) is 13.2 Å². The highest BCUT2D eigenvalue weighted by Gasteiger charge is 2.36. The van der Waals surface area contributed by atoms with Crippen molar-refractivity contribution in [3.05, 3.63) is 0 Å². The maximum Gasteiger partial charge on any atom is 0.279 e. The number of hydrogen-bond donors (Lipinski definition) is 1. The second kappa shape index (κ2) is 3.91. The Morgan fingerprint density at radius 3 is 2.14 bits per heavy atom. The van der Waals surface area contributed by atoms with E-state index in [-0.39, 0.29) is 0 Å². The Bertz CT molecular complexity index is 403. The summed E-state index contributed by atoms with van der Waals surface area (Å²) in [6.07, 6.45) is 0. The van der Waals surface area contributed by atoms with Crippen molar-refractivity contribution in [3.63, 3.8) is 0 Å². The van der Waals surface area contributed by atoms with Crippen LogP contribution in [0.5, 0.6) is 0 Å². The molecule has 0 saturated carbocycles. The number of nitrogens with one attached hydrogen (secondary N) is 1. The second-order valence-electron chi connectivity index (χ2n) is 2.47. The summed E-state index contributed by atoms with van der Waals surface area (Å²) >= 11 is 23.5. The first-order chi connectivity index (χ1) is 6.33. The van der Waals surface area contributed by atoms with E-state index in [1.165, 1.54) is 0 Å². The van der Waals surface area contributed by atoms with Crippen LogP contribution < -0.4 is 5.09 Å². The number of rotatable bonds is 0. The van der Waals surface area contributed by atoms with Crippen molar-refractivity contribution in [2.45, 2.75) is 0 Å². The lowest BCUT2D eigenvalue weighted by Gasteiger charge is -2.21. The Kier molecular flexibility index (Phi) is 3.41. The smallest absolute Gasteiger partial charge is 0.279 e. The van der Waals surface area contributed by atoms with Gasteiger partial charge in [-0.3, -0.25) is 0 Å². The number of nitrogens with zero attached hydrogens (tertiary/aromatic N) is 3. The molecule has 1 fully saturated rings. The average molecular weight is 336 g/mol. The van der Waals surface area contributed by atoms with E-state index in [9.17, 15) is 0 Å². The quantitative estimate of drug-likeness (QED) is 0.601. The van der Waals surface area contributed by atoms with Crippen LogP contribution in [0, 0.1) is 0 Å². The molecule has 82 valence electrons. The van der Waals surface area contributed by atoms with Gasteiger partial charge in [-0.2, -0.15) is 13.5 Å². The van der Waals surface area contributed by atoms with Gasteiger partial charge in [-0.25, -0.2) is 5.09 Å². The molecule has 2 aliphatic heterocycles. The minimum Gasteiger partial charge on any atom is -0.314 e. The summed E-state index contributed by atoms with van der Waals surface area (Å²) in [5, 5.41) is 3.00. The van der Waals surface area contributed by atoms with Gasteiger partial charge in [0.05, 0.1) is 6.61 Å². The molecule has 12 heteroatoms. The van der Waals surface area contributed by atoms with Crippen LogP contribution in [0.2, 0.25) is 0 Å². The topological polar surface area (TPSA) is 58.3 Å². The first-order valence-corrected chi connectivity index (χ1v) is 12.0. The van der Waals surface area contributed by atoms with Gasteiger partial charge in [-0.15, -0.1) is 0 Å². The fraction of sp³-hybridized carbons (Fsp3) is 1.00. The Balaban J connectivity index is 2.62. The van der Waals surface area contributed by atoms with Gasteiger partial charge in [-0.1, -0.05) is 0 Å². The highest BCUT2D eigenvalue weighted by molar-refractivity contribution is 8.20. The molecule has 0 aromatic carbocycles. The third-order valence-corrected chi connectivity index (χ3v) is 12.8. The van der Waals surface area contributed by atoms with E-state index in [1.54, 1.807) is 0 Å². The first-order valence-electron chi connectivity index (χ1n) is 3.42. The monoisotopic (exact) mass is 334 g/mol. The molecule has 0 aromatic heterocycles. The molecule has 0 aromatic rings. The third kappa shape index (κ3) is 2.71. The van der Waals surface area contributed by atoms with Crippen molar-refractivity contribution in [1.82, 2.24) is 5.09 Å². The predicted molar refractivity (Wildman–Crippen MR) is 65.4 cm³/mol. The van der Waals surface area contributed by atoms with Crippen LogP contribution in [0.4, 0.5) is 0 Å². The Labute approximate surface area is 100 Å². The van der Waals surface area contributed by atoms with E-state index in [4.69, 9.17) is 49.5 Å². The molecule has 1 spiro atoms. The van der Waals surface area contributed by atoms with E-state index in [0.717, 1.165) is 0 Å². The molecule has 1 N–H and O–H groups in total. The van der Waals surface area contributed by atoms with Crippen LogP contribution in [-0.2, 0) is 4.52 Å². The predicted octanol–water partition coefficient (Wildman–Crippen LogP) is 5.41. The average Bonchev–Trinajstić information content (AvgIpc) is 2.27. The molecule has 1 unspecified atom stereocenters. The molecule has 1 saturated heterocycles. The van der Waals surface area contributed by atoms with Gasteiger partial charge in [0.15, 0.2) is 0 Å². The van der Waals surface area contributed by atoms with Gasteiger partial charge in [0.2, 0.25) is 0 Å². The van der Waals surface area contributed by atoms with Gasteiger partial charge in [0.25, 0.3) is 19.4 Å². The highest BCUT2D eigenvalue weighted by Crippen LogP contribution is 2.84. The number of halogens is 4. The van der Waals surface area contributed by atoms with Crippen molar-refractivity contribution in [2.24, 2.45) is 13.5 Å². The van der Waals surface area contributed by atoms with E-state index < -0.39 is 19.4 Å². The molecule has 2 rings (SSSR count). The van der Waals surface area contributed by atoms with Crippen LogP contribution >= 0.6 is 64.4 Å². The molecular weight excluding hydrogens is 331 g/mol. The van der Waals surface area contributed by atoms with Crippen molar-refractivity contribution in [3.8, 4) is 0 Å². The van der Waals surface area contributed by atoms with Gasteiger partial charge >= 0.3 is 0 Å². The summed E-state index contributed by atoms with van der Waals surface area (Å²) in [7, 11) is -2.51. The Hall–Kier alpha value is 1.77. The summed E-state index contributed by atoms with van der Waals surface area (Å²) in [4.78, 5) is 0. The lowest BCUT2D eigenvalue weighted by Crippen LogP contribution is -2.01. The molecule has 2 aliphatic rings. The van der Waals surface area contributed by atoms with Crippen LogP contribution in [0.1, 0.15) is 0 Å². The third-order valence-electron chi connectivity index (χ3n) is 1.36. The van der Waals surface area contributed by atoms with Crippen molar-refractivity contribution < 1.29 is 4.52 Å². The van der Waals surface area contributed by atoms with Crippen molar-refractivity contribution >= 4 is 64.4 Å². The SMILES string of the molecule is ClP1(Cl)=NP(Cl)(Cl)=NP2(=N1)NCCO2. The molecule has 0 amide bonds.